The minimum atomic E-state index is -0.376. The van der Waals surface area contributed by atoms with E-state index in [-0.39, 0.29) is 29.7 Å². The number of benzene rings is 1. The van der Waals surface area contributed by atoms with Crippen molar-refractivity contribution in [1.29, 1.82) is 0 Å². The second kappa shape index (κ2) is 8.43. The molecular weight excluding hydrogens is 392 g/mol. The van der Waals surface area contributed by atoms with Gasteiger partial charge in [0.1, 0.15) is 11.3 Å². The van der Waals surface area contributed by atoms with Crippen molar-refractivity contribution in [3.05, 3.63) is 89.1 Å². The second-order valence-corrected chi connectivity index (χ2v) is 7.47. The monoisotopic (exact) mass is 416 g/mol. The molecule has 0 saturated carbocycles. The number of hydrogen-bond donors (Lipinski definition) is 1. The van der Waals surface area contributed by atoms with Crippen LogP contribution < -0.4 is 5.32 Å². The third-order valence-corrected chi connectivity index (χ3v) is 5.15. The molecule has 0 fully saturated rings. The van der Waals surface area contributed by atoms with Crippen LogP contribution in [0.15, 0.2) is 60.8 Å². The topological polar surface area (TPSA) is 84.5 Å². The number of aryl methyl sites for hydroxylation is 2. The molecule has 4 rings (SSSR count). The summed E-state index contributed by atoms with van der Waals surface area (Å²) in [5.74, 6) is -0.690. The van der Waals surface area contributed by atoms with Crippen molar-refractivity contribution in [2.24, 2.45) is 7.05 Å². The summed E-state index contributed by atoms with van der Waals surface area (Å²) in [5.41, 5.74) is 3.62. The molecule has 8 heteroatoms. The maximum Gasteiger partial charge on any atom is 0.274 e. The Bertz CT molecular complexity index is 1220. The molecule has 0 aliphatic rings. The zero-order chi connectivity index (χ0) is 22.0. The quantitative estimate of drug-likeness (QED) is 0.524. The molecule has 0 aliphatic carbocycles. The average Bonchev–Trinajstić information content (AvgIpc) is 3.31. The summed E-state index contributed by atoms with van der Waals surface area (Å²) in [6.45, 7) is 2.62. The maximum atomic E-state index is 13.2. The Labute approximate surface area is 180 Å². The number of hydrogen-bond acceptors (Lipinski definition) is 4. The number of pyridine rings is 1. The van der Waals surface area contributed by atoms with Crippen molar-refractivity contribution in [3.8, 4) is 0 Å². The Morgan fingerprint density at radius 2 is 1.84 bits per heavy atom. The molecular formula is C23H24N6O2. The summed E-state index contributed by atoms with van der Waals surface area (Å²) >= 11 is 0. The minimum Gasteiger partial charge on any atom is -0.345 e. The van der Waals surface area contributed by atoms with E-state index in [0.717, 1.165) is 17.0 Å². The Kier molecular flexibility index (Phi) is 5.53. The lowest BCUT2D eigenvalue weighted by atomic mass is 10.2. The van der Waals surface area contributed by atoms with E-state index in [1.807, 2.05) is 56.4 Å². The van der Waals surface area contributed by atoms with Gasteiger partial charge in [0, 0.05) is 32.5 Å². The molecule has 1 aromatic carbocycles. The van der Waals surface area contributed by atoms with Gasteiger partial charge in [0.2, 0.25) is 0 Å². The fourth-order valence-corrected chi connectivity index (χ4v) is 3.45. The summed E-state index contributed by atoms with van der Waals surface area (Å²) in [6.07, 6.45) is 1.73. The Balaban J connectivity index is 1.61. The highest BCUT2D eigenvalue weighted by Crippen LogP contribution is 2.16. The van der Waals surface area contributed by atoms with Gasteiger partial charge in [-0.2, -0.15) is 5.10 Å². The zero-order valence-corrected chi connectivity index (χ0v) is 17.7. The second-order valence-electron chi connectivity index (χ2n) is 7.47. The van der Waals surface area contributed by atoms with Crippen LogP contribution >= 0.6 is 0 Å². The summed E-state index contributed by atoms with van der Waals surface area (Å²) in [5, 5.41) is 7.23. The molecule has 158 valence electrons. The molecule has 3 aromatic heterocycles. The third-order valence-electron chi connectivity index (χ3n) is 5.15. The van der Waals surface area contributed by atoms with Crippen LogP contribution in [0.1, 0.15) is 37.9 Å². The van der Waals surface area contributed by atoms with E-state index in [2.05, 4.69) is 15.4 Å². The predicted molar refractivity (Wildman–Crippen MR) is 117 cm³/mol. The van der Waals surface area contributed by atoms with Gasteiger partial charge in [-0.15, -0.1) is 0 Å². The number of imidazole rings is 1. The van der Waals surface area contributed by atoms with E-state index in [1.165, 1.54) is 0 Å². The van der Waals surface area contributed by atoms with E-state index >= 15 is 0 Å². The summed E-state index contributed by atoms with van der Waals surface area (Å²) in [6, 6.07) is 17.0. The number of rotatable bonds is 6. The Morgan fingerprint density at radius 1 is 1.10 bits per heavy atom. The molecule has 31 heavy (non-hydrogen) atoms. The van der Waals surface area contributed by atoms with Gasteiger partial charge >= 0.3 is 0 Å². The number of nitrogens with one attached hydrogen (secondary N) is 1. The first-order chi connectivity index (χ1) is 14.9. The maximum absolute atomic E-state index is 13.2. The van der Waals surface area contributed by atoms with Crippen molar-refractivity contribution in [3.63, 3.8) is 0 Å². The van der Waals surface area contributed by atoms with E-state index in [4.69, 9.17) is 0 Å². The van der Waals surface area contributed by atoms with Crippen molar-refractivity contribution >= 4 is 17.5 Å². The van der Waals surface area contributed by atoms with Crippen LogP contribution in [0.2, 0.25) is 0 Å². The standard InChI is InChI=1S/C23H24N6O2/c1-16-13-18(26-28(16)3)14-24-22(30)21-20(25-19-11-7-8-12-29(19)21)23(31)27(2)15-17-9-5-4-6-10-17/h4-13H,14-15H2,1-3H3,(H,24,30). The van der Waals surface area contributed by atoms with Gasteiger partial charge in [-0.05, 0) is 30.7 Å². The molecule has 0 aliphatic heterocycles. The van der Waals surface area contributed by atoms with Crippen molar-refractivity contribution in [2.45, 2.75) is 20.0 Å². The highest BCUT2D eigenvalue weighted by molar-refractivity contribution is 6.05. The predicted octanol–water partition coefficient (Wildman–Crippen LogP) is 2.58. The van der Waals surface area contributed by atoms with Gasteiger partial charge in [0.25, 0.3) is 11.8 Å². The van der Waals surface area contributed by atoms with Crippen LogP contribution in [-0.2, 0) is 20.1 Å². The van der Waals surface area contributed by atoms with E-state index in [9.17, 15) is 9.59 Å². The zero-order valence-electron chi connectivity index (χ0n) is 17.7. The van der Waals surface area contributed by atoms with Crippen molar-refractivity contribution in [1.82, 2.24) is 29.4 Å². The molecule has 0 atom stereocenters. The van der Waals surface area contributed by atoms with E-state index in [1.54, 1.807) is 39.4 Å². The molecule has 0 spiro atoms. The number of carbonyl (C=O) groups is 2. The lowest BCUT2D eigenvalue weighted by molar-refractivity contribution is 0.0772. The SMILES string of the molecule is Cc1cc(CNC(=O)c2c(C(=O)N(C)Cc3ccccc3)nc3ccccn23)nn1C. The average molecular weight is 416 g/mol. The van der Waals surface area contributed by atoms with E-state index in [0.29, 0.717) is 12.2 Å². The van der Waals surface area contributed by atoms with Crippen LogP contribution in [0.3, 0.4) is 0 Å². The van der Waals surface area contributed by atoms with Crippen LogP contribution in [0.25, 0.3) is 5.65 Å². The molecule has 0 saturated heterocycles. The molecule has 0 bridgehead atoms. The lowest BCUT2D eigenvalue weighted by Crippen LogP contribution is -2.31. The largest absolute Gasteiger partial charge is 0.345 e. The molecule has 8 nitrogen and oxygen atoms in total. The van der Waals surface area contributed by atoms with Crippen LogP contribution in [-0.4, -0.2) is 42.9 Å². The smallest absolute Gasteiger partial charge is 0.274 e. The highest BCUT2D eigenvalue weighted by atomic mass is 16.2. The summed E-state index contributed by atoms with van der Waals surface area (Å²) in [4.78, 5) is 32.4. The van der Waals surface area contributed by atoms with Gasteiger partial charge in [-0.25, -0.2) is 4.98 Å². The fraction of sp³-hybridized carbons (Fsp3) is 0.217. The molecule has 2 amide bonds. The highest BCUT2D eigenvalue weighted by Gasteiger charge is 2.26. The van der Waals surface area contributed by atoms with Gasteiger partial charge in [-0.3, -0.25) is 18.7 Å². The lowest BCUT2D eigenvalue weighted by Gasteiger charge is -2.17. The fourth-order valence-electron chi connectivity index (χ4n) is 3.45. The number of nitrogens with zero attached hydrogens (tertiary/aromatic N) is 5. The Hall–Kier alpha value is -3.94. The van der Waals surface area contributed by atoms with Gasteiger partial charge in [0.15, 0.2) is 5.69 Å². The third kappa shape index (κ3) is 4.18. The minimum absolute atomic E-state index is 0.124. The summed E-state index contributed by atoms with van der Waals surface area (Å²) in [7, 11) is 3.56. The van der Waals surface area contributed by atoms with Crippen molar-refractivity contribution in [2.75, 3.05) is 7.05 Å². The van der Waals surface area contributed by atoms with Crippen molar-refractivity contribution < 1.29 is 9.59 Å². The molecule has 3 heterocycles. The van der Waals surface area contributed by atoms with Gasteiger partial charge < -0.3 is 10.2 Å². The Morgan fingerprint density at radius 3 is 2.55 bits per heavy atom. The van der Waals surface area contributed by atoms with Crippen LogP contribution in [0, 0.1) is 6.92 Å². The van der Waals surface area contributed by atoms with Gasteiger partial charge in [0.05, 0.1) is 12.2 Å². The number of amides is 2. The van der Waals surface area contributed by atoms with Gasteiger partial charge in [-0.1, -0.05) is 36.4 Å². The summed E-state index contributed by atoms with van der Waals surface area (Å²) < 4.78 is 3.39. The van der Waals surface area contributed by atoms with Crippen LogP contribution in [0.5, 0.6) is 0 Å². The normalized spacial score (nSPS) is 10.9. The van der Waals surface area contributed by atoms with Crippen LogP contribution in [0.4, 0.5) is 0 Å². The molecule has 4 aromatic rings. The molecule has 0 unspecified atom stereocenters. The first-order valence-corrected chi connectivity index (χ1v) is 9.98. The first kappa shape index (κ1) is 20.3. The number of carbonyl (C=O) groups excluding carboxylic acids is 2. The molecule has 1 N–H and O–H groups in total. The number of aromatic nitrogens is 4. The number of fused-ring (bicyclic) bond motifs is 1. The first-order valence-electron chi connectivity index (χ1n) is 9.98. The molecule has 0 radical (unpaired) electrons. The van der Waals surface area contributed by atoms with E-state index < -0.39 is 0 Å².